The van der Waals surface area contributed by atoms with Gasteiger partial charge < -0.3 is 4.90 Å². The minimum Gasteiger partial charge on any atom is -0.340 e. The molecule has 2 rings (SSSR count). The first-order chi connectivity index (χ1) is 9.74. The normalized spacial score (nSPS) is 19.4. The molecule has 0 radical (unpaired) electrons. The van der Waals surface area contributed by atoms with Crippen molar-refractivity contribution in [1.82, 2.24) is 9.80 Å². The summed E-state index contributed by atoms with van der Waals surface area (Å²) >= 11 is 5.67. The summed E-state index contributed by atoms with van der Waals surface area (Å²) in [7, 11) is 0. The van der Waals surface area contributed by atoms with E-state index in [-0.39, 0.29) is 11.8 Å². The van der Waals surface area contributed by atoms with Gasteiger partial charge in [-0.05, 0) is 24.9 Å². The summed E-state index contributed by atoms with van der Waals surface area (Å²) in [6.07, 6.45) is 2.23. The molecule has 0 aliphatic carbocycles. The molecule has 0 aromatic heterocycles. The number of alkyl halides is 1. The van der Waals surface area contributed by atoms with Crippen molar-refractivity contribution in [1.29, 1.82) is 0 Å². The molecule has 1 aliphatic heterocycles. The number of rotatable bonds is 5. The van der Waals surface area contributed by atoms with Crippen molar-refractivity contribution < 1.29 is 4.79 Å². The third-order valence-corrected chi connectivity index (χ3v) is 4.24. The predicted molar refractivity (Wildman–Crippen MR) is 82.8 cm³/mol. The molecule has 1 aliphatic rings. The Morgan fingerprint density at radius 3 is 2.80 bits per heavy atom. The predicted octanol–water partition coefficient (Wildman–Crippen LogP) is 2.74. The number of benzene rings is 1. The maximum atomic E-state index is 11.8. The van der Waals surface area contributed by atoms with Crippen molar-refractivity contribution in [3.05, 3.63) is 35.9 Å². The fourth-order valence-electron chi connectivity index (χ4n) is 2.88. The molecule has 4 heteroatoms. The lowest BCUT2D eigenvalue weighted by atomic mass is 10.0. The van der Waals surface area contributed by atoms with E-state index in [2.05, 4.69) is 36.1 Å². The number of piperidine rings is 1. The van der Waals surface area contributed by atoms with Crippen LogP contribution < -0.4 is 0 Å². The summed E-state index contributed by atoms with van der Waals surface area (Å²) in [5, 5.41) is 0. The average molecular weight is 295 g/mol. The van der Waals surface area contributed by atoms with Crippen molar-refractivity contribution in [3.63, 3.8) is 0 Å². The van der Waals surface area contributed by atoms with Gasteiger partial charge in [-0.15, -0.1) is 11.6 Å². The van der Waals surface area contributed by atoms with Crippen LogP contribution in [0.2, 0.25) is 0 Å². The van der Waals surface area contributed by atoms with E-state index in [0.29, 0.717) is 6.04 Å². The van der Waals surface area contributed by atoms with Gasteiger partial charge in [0.05, 0.1) is 0 Å². The summed E-state index contributed by atoms with van der Waals surface area (Å²) in [6, 6.07) is 11.0. The fourth-order valence-corrected chi connectivity index (χ4v) is 3.05. The summed E-state index contributed by atoms with van der Waals surface area (Å²) in [4.78, 5) is 16.1. The molecule has 1 aromatic carbocycles. The van der Waals surface area contributed by atoms with Gasteiger partial charge in [0.25, 0.3) is 0 Å². The van der Waals surface area contributed by atoms with Gasteiger partial charge in [0.15, 0.2) is 0 Å². The van der Waals surface area contributed by atoms with Crippen LogP contribution in [0, 0.1) is 0 Å². The summed E-state index contributed by atoms with van der Waals surface area (Å²) in [5.74, 6) is 0.157. The molecule has 0 spiro atoms. The van der Waals surface area contributed by atoms with Crippen molar-refractivity contribution in [2.24, 2.45) is 0 Å². The molecular formula is C16H23ClN2O. The van der Waals surface area contributed by atoms with E-state index in [1.165, 1.54) is 5.56 Å². The quantitative estimate of drug-likeness (QED) is 0.780. The third kappa shape index (κ3) is 3.97. The van der Waals surface area contributed by atoms with Crippen LogP contribution in [-0.2, 0) is 11.3 Å². The highest BCUT2D eigenvalue weighted by Crippen LogP contribution is 2.18. The second-order valence-corrected chi connectivity index (χ2v) is 5.59. The zero-order valence-electron chi connectivity index (χ0n) is 12.1. The average Bonchev–Trinajstić information content (AvgIpc) is 2.53. The summed E-state index contributed by atoms with van der Waals surface area (Å²) in [5.41, 5.74) is 1.33. The first kappa shape index (κ1) is 15.3. The second-order valence-electron chi connectivity index (χ2n) is 5.32. The van der Waals surface area contributed by atoms with Crippen LogP contribution in [0.1, 0.15) is 25.3 Å². The van der Waals surface area contributed by atoms with Gasteiger partial charge in [0, 0.05) is 25.7 Å². The molecule has 1 heterocycles. The lowest BCUT2D eigenvalue weighted by Crippen LogP contribution is -2.49. The molecule has 0 unspecified atom stereocenters. The van der Waals surface area contributed by atoms with E-state index in [9.17, 15) is 4.79 Å². The Kier molecular flexibility index (Phi) is 5.86. The second kappa shape index (κ2) is 7.65. The number of carbonyl (C=O) groups excluding carboxylic acids is 1. The number of carbonyl (C=O) groups is 1. The minimum absolute atomic E-state index is 0.0622. The van der Waals surface area contributed by atoms with Crippen molar-refractivity contribution >= 4 is 17.5 Å². The first-order valence-corrected chi connectivity index (χ1v) is 7.89. The zero-order chi connectivity index (χ0) is 14.4. The standard InChI is InChI=1S/C16H23ClN2O/c1-2-18(12-14-7-4-3-5-8-14)15-9-6-10-19(13-15)16(20)11-17/h3-5,7-8,15H,2,6,9-13H2,1H3/t15-/m1/s1. The Balaban J connectivity index is 1.98. The number of hydrogen-bond donors (Lipinski definition) is 0. The topological polar surface area (TPSA) is 23.6 Å². The Morgan fingerprint density at radius 1 is 1.40 bits per heavy atom. The van der Waals surface area contributed by atoms with Crippen LogP contribution in [0.15, 0.2) is 30.3 Å². The van der Waals surface area contributed by atoms with E-state index < -0.39 is 0 Å². The van der Waals surface area contributed by atoms with E-state index in [1.807, 2.05) is 11.0 Å². The third-order valence-electron chi connectivity index (χ3n) is 4.01. The number of hydrogen-bond acceptors (Lipinski definition) is 2. The highest BCUT2D eigenvalue weighted by Gasteiger charge is 2.26. The van der Waals surface area contributed by atoms with Crippen LogP contribution >= 0.6 is 11.6 Å². The SMILES string of the molecule is CCN(Cc1ccccc1)[C@@H]1CCCN(C(=O)CCl)C1. The van der Waals surface area contributed by atoms with Gasteiger partial charge in [-0.3, -0.25) is 9.69 Å². The van der Waals surface area contributed by atoms with E-state index in [0.717, 1.165) is 39.0 Å². The number of likely N-dealkylation sites (tertiary alicyclic amines) is 1. The number of amides is 1. The highest BCUT2D eigenvalue weighted by molar-refractivity contribution is 6.27. The van der Waals surface area contributed by atoms with E-state index >= 15 is 0 Å². The largest absolute Gasteiger partial charge is 0.340 e. The molecule has 1 aromatic rings. The maximum absolute atomic E-state index is 11.8. The number of halogens is 1. The molecule has 1 atom stereocenters. The maximum Gasteiger partial charge on any atom is 0.237 e. The van der Waals surface area contributed by atoms with Crippen LogP contribution in [0.4, 0.5) is 0 Å². The Hall–Kier alpha value is -1.06. The van der Waals surface area contributed by atoms with Gasteiger partial charge in [-0.1, -0.05) is 37.3 Å². The number of nitrogens with zero attached hydrogens (tertiary/aromatic N) is 2. The molecule has 110 valence electrons. The molecular weight excluding hydrogens is 272 g/mol. The lowest BCUT2D eigenvalue weighted by molar-refractivity contribution is -0.130. The molecule has 1 fully saturated rings. The number of likely N-dealkylation sites (N-methyl/N-ethyl adjacent to an activating group) is 1. The minimum atomic E-state index is 0.0622. The van der Waals surface area contributed by atoms with Crippen molar-refractivity contribution in [3.8, 4) is 0 Å². The molecule has 20 heavy (non-hydrogen) atoms. The Morgan fingerprint density at radius 2 is 2.15 bits per heavy atom. The van der Waals surface area contributed by atoms with Crippen molar-refractivity contribution in [2.75, 3.05) is 25.5 Å². The lowest BCUT2D eigenvalue weighted by Gasteiger charge is -2.39. The van der Waals surface area contributed by atoms with Crippen molar-refractivity contribution in [2.45, 2.75) is 32.4 Å². The summed E-state index contributed by atoms with van der Waals surface area (Å²) < 4.78 is 0. The molecule has 0 bridgehead atoms. The van der Waals surface area contributed by atoms with E-state index in [1.54, 1.807) is 0 Å². The van der Waals surface area contributed by atoms with Gasteiger partial charge >= 0.3 is 0 Å². The van der Waals surface area contributed by atoms with Crippen LogP contribution in [0.25, 0.3) is 0 Å². The van der Waals surface area contributed by atoms with Gasteiger partial charge in [-0.2, -0.15) is 0 Å². The molecule has 1 saturated heterocycles. The van der Waals surface area contributed by atoms with E-state index in [4.69, 9.17) is 11.6 Å². The molecule has 1 amide bonds. The fraction of sp³-hybridized carbons (Fsp3) is 0.562. The van der Waals surface area contributed by atoms with Crippen LogP contribution in [0.5, 0.6) is 0 Å². The molecule has 0 N–H and O–H groups in total. The Labute approximate surface area is 126 Å². The monoisotopic (exact) mass is 294 g/mol. The first-order valence-electron chi connectivity index (χ1n) is 7.36. The van der Waals surface area contributed by atoms with Crippen LogP contribution in [-0.4, -0.2) is 47.3 Å². The van der Waals surface area contributed by atoms with Crippen LogP contribution in [0.3, 0.4) is 0 Å². The smallest absolute Gasteiger partial charge is 0.237 e. The zero-order valence-corrected chi connectivity index (χ0v) is 12.9. The van der Waals surface area contributed by atoms with Gasteiger partial charge in [-0.25, -0.2) is 0 Å². The highest BCUT2D eigenvalue weighted by atomic mass is 35.5. The summed E-state index contributed by atoms with van der Waals surface area (Å²) in [6.45, 7) is 5.80. The molecule has 3 nitrogen and oxygen atoms in total. The van der Waals surface area contributed by atoms with Gasteiger partial charge in [0.1, 0.15) is 5.88 Å². The Bertz CT molecular complexity index is 424. The molecule has 0 saturated carbocycles. The van der Waals surface area contributed by atoms with Gasteiger partial charge in [0.2, 0.25) is 5.91 Å².